The zero-order valence-electron chi connectivity index (χ0n) is 11.0. The maximum atomic E-state index is 6.02. The smallest absolute Gasteiger partial charge is 0.197 e. The van der Waals surface area contributed by atoms with Gasteiger partial charge in [0.2, 0.25) is 0 Å². The highest BCUT2D eigenvalue weighted by Crippen LogP contribution is 2.29. The van der Waals surface area contributed by atoms with Crippen molar-refractivity contribution in [1.82, 2.24) is 24.7 Å². The van der Waals surface area contributed by atoms with Gasteiger partial charge in [-0.3, -0.25) is 0 Å². The van der Waals surface area contributed by atoms with Crippen LogP contribution < -0.4 is 0 Å². The van der Waals surface area contributed by atoms with Crippen molar-refractivity contribution in [2.45, 2.75) is 47.6 Å². The van der Waals surface area contributed by atoms with E-state index in [0.29, 0.717) is 10.3 Å². The Morgan fingerprint density at radius 1 is 1.20 bits per heavy atom. The van der Waals surface area contributed by atoms with Crippen LogP contribution in [0, 0.1) is 0 Å². The second-order valence-corrected chi connectivity index (χ2v) is 6.63. The van der Waals surface area contributed by atoms with E-state index in [4.69, 9.17) is 11.6 Å². The average molecular weight is 328 g/mol. The first-order valence-corrected chi connectivity index (χ1v) is 8.86. The van der Waals surface area contributed by atoms with Crippen LogP contribution in [-0.4, -0.2) is 31.0 Å². The molecular formula is C12H14ClN5S2. The van der Waals surface area contributed by atoms with Gasteiger partial charge in [-0.2, -0.15) is 0 Å². The van der Waals surface area contributed by atoms with Gasteiger partial charge in [0, 0.05) is 19.0 Å². The molecule has 0 unspecified atom stereocenters. The zero-order valence-corrected chi connectivity index (χ0v) is 13.4. The van der Waals surface area contributed by atoms with Gasteiger partial charge in [-0.1, -0.05) is 29.8 Å². The summed E-state index contributed by atoms with van der Waals surface area (Å²) in [7, 11) is 0. The molecule has 0 fully saturated rings. The van der Waals surface area contributed by atoms with Gasteiger partial charge in [0.15, 0.2) is 10.3 Å². The molecule has 106 valence electrons. The minimum Gasteiger partial charge on any atom is -0.306 e. The van der Waals surface area contributed by atoms with Crippen LogP contribution in [0.3, 0.4) is 0 Å². The maximum Gasteiger partial charge on any atom is 0.197 e. The molecule has 20 heavy (non-hydrogen) atoms. The summed E-state index contributed by atoms with van der Waals surface area (Å²) in [5.41, 5.74) is 0. The van der Waals surface area contributed by atoms with Crippen molar-refractivity contribution in [3.63, 3.8) is 0 Å². The quantitative estimate of drug-likeness (QED) is 0.489. The monoisotopic (exact) mass is 327 g/mol. The molecule has 0 spiro atoms. The Kier molecular flexibility index (Phi) is 4.48. The molecule has 0 bridgehead atoms. The van der Waals surface area contributed by atoms with Gasteiger partial charge in [0.25, 0.3) is 0 Å². The van der Waals surface area contributed by atoms with E-state index in [1.807, 2.05) is 6.26 Å². The molecule has 3 heterocycles. The second-order valence-electron chi connectivity index (χ2n) is 4.48. The number of halogens is 1. The van der Waals surface area contributed by atoms with Crippen molar-refractivity contribution in [1.29, 1.82) is 0 Å². The van der Waals surface area contributed by atoms with Crippen LogP contribution in [0.1, 0.15) is 25.1 Å². The lowest BCUT2D eigenvalue weighted by molar-refractivity contribution is 0.590. The average Bonchev–Trinajstić information content (AvgIpc) is 2.67. The van der Waals surface area contributed by atoms with E-state index in [1.165, 1.54) is 42.8 Å². The first-order chi connectivity index (χ1) is 9.76. The Labute approximate surface area is 130 Å². The Balaban J connectivity index is 1.88. The SMILES string of the molecule is CSc1nc(Cl)cc(Sc2nnc3n2CCCCC3)n1. The molecule has 0 N–H and O–H groups in total. The summed E-state index contributed by atoms with van der Waals surface area (Å²) in [5.74, 6) is 1.08. The molecule has 0 saturated heterocycles. The molecule has 0 aromatic carbocycles. The first kappa shape index (κ1) is 14.2. The lowest BCUT2D eigenvalue weighted by Crippen LogP contribution is -2.02. The normalized spacial score (nSPS) is 14.9. The lowest BCUT2D eigenvalue weighted by Gasteiger charge is -2.06. The van der Waals surface area contributed by atoms with Crippen molar-refractivity contribution in [2.24, 2.45) is 0 Å². The summed E-state index contributed by atoms with van der Waals surface area (Å²) in [5, 5.41) is 11.4. The number of hydrogen-bond donors (Lipinski definition) is 0. The Morgan fingerprint density at radius 2 is 2.10 bits per heavy atom. The summed E-state index contributed by atoms with van der Waals surface area (Å²) < 4.78 is 2.20. The number of rotatable bonds is 3. The minimum absolute atomic E-state index is 0.461. The summed E-state index contributed by atoms with van der Waals surface area (Å²) >= 11 is 9.00. The Morgan fingerprint density at radius 3 is 2.95 bits per heavy atom. The summed E-state index contributed by atoms with van der Waals surface area (Å²) in [4.78, 5) is 8.59. The predicted molar refractivity (Wildman–Crippen MR) is 80.5 cm³/mol. The fourth-order valence-electron chi connectivity index (χ4n) is 2.15. The van der Waals surface area contributed by atoms with Crippen LogP contribution in [0.25, 0.3) is 0 Å². The number of aromatic nitrogens is 5. The van der Waals surface area contributed by atoms with E-state index in [2.05, 4.69) is 24.7 Å². The van der Waals surface area contributed by atoms with Gasteiger partial charge < -0.3 is 4.57 Å². The standard InChI is InChI=1S/C12H14ClN5S2/c1-19-11-14-8(13)7-10(15-11)20-12-17-16-9-5-3-2-4-6-18(9)12/h7H,2-6H2,1H3. The number of fused-ring (bicyclic) bond motifs is 1. The van der Waals surface area contributed by atoms with Crippen LogP contribution in [0.15, 0.2) is 21.4 Å². The van der Waals surface area contributed by atoms with Crippen LogP contribution in [0.5, 0.6) is 0 Å². The van der Waals surface area contributed by atoms with Crippen molar-refractivity contribution in [3.05, 3.63) is 17.0 Å². The van der Waals surface area contributed by atoms with Gasteiger partial charge in [-0.15, -0.1) is 10.2 Å². The van der Waals surface area contributed by atoms with Crippen LogP contribution in [0.2, 0.25) is 5.15 Å². The third-order valence-electron chi connectivity index (χ3n) is 3.10. The van der Waals surface area contributed by atoms with Gasteiger partial charge >= 0.3 is 0 Å². The Hall–Kier alpha value is -0.790. The van der Waals surface area contributed by atoms with E-state index in [0.717, 1.165) is 29.0 Å². The van der Waals surface area contributed by atoms with Crippen molar-refractivity contribution in [3.8, 4) is 0 Å². The third kappa shape index (κ3) is 3.10. The molecule has 0 saturated carbocycles. The molecule has 0 radical (unpaired) electrons. The molecule has 8 heteroatoms. The van der Waals surface area contributed by atoms with E-state index in [9.17, 15) is 0 Å². The molecule has 0 atom stereocenters. The maximum absolute atomic E-state index is 6.02. The number of nitrogens with zero attached hydrogens (tertiary/aromatic N) is 5. The zero-order chi connectivity index (χ0) is 13.9. The first-order valence-electron chi connectivity index (χ1n) is 6.45. The van der Waals surface area contributed by atoms with Gasteiger partial charge in [0.1, 0.15) is 16.0 Å². The molecule has 0 amide bonds. The van der Waals surface area contributed by atoms with E-state index in [1.54, 1.807) is 6.07 Å². The van der Waals surface area contributed by atoms with Crippen molar-refractivity contribution in [2.75, 3.05) is 6.26 Å². The number of aryl methyl sites for hydroxylation is 1. The fraction of sp³-hybridized carbons (Fsp3) is 0.500. The van der Waals surface area contributed by atoms with Crippen molar-refractivity contribution >= 4 is 35.1 Å². The van der Waals surface area contributed by atoms with E-state index < -0.39 is 0 Å². The van der Waals surface area contributed by atoms with Gasteiger partial charge in [-0.25, -0.2) is 9.97 Å². The number of thioether (sulfide) groups is 1. The fourth-order valence-corrected chi connectivity index (χ4v) is 3.76. The van der Waals surface area contributed by atoms with E-state index >= 15 is 0 Å². The highest BCUT2D eigenvalue weighted by Gasteiger charge is 2.16. The molecule has 5 nitrogen and oxygen atoms in total. The molecule has 3 rings (SSSR count). The molecule has 2 aromatic rings. The van der Waals surface area contributed by atoms with Crippen LogP contribution >= 0.6 is 35.1 Å². The largest absolute Gasteiger partial charge is 0.306 e. The van der Waals surface area contributed by atoms with Gasteiger partial charge in [-0.05, 0) is 30.9 Å². The molecule has 1 aliphatic rings. The summed E-state index contributed by atoms with van der Waals surface area (Å²) in [6.45, 7) is 0.985. The lowest BCUT2D eigenvalue weighted by atomic mass is 10.2. The topological polar surface area (TPSA) is 56.5 Å². The molecular weight excluding hydrogens is 314 g/mol. The molecule has 1 aliphatic heterocycles. The summed E-state index contributed by atoms with van der Waals surface area (Å²) in [6, 6.07) is 1.77. The summed E-state index contributed by atoms with van der Waals surface area (Å²) in [6.07, 6.45) is 6.57. The van der Waals surface area contributed by atoms with E-state index in [-0.39, 0.29) is 0 Å². The minimum atomic E-state index is 0.461. The Bertz CT molecular complexity index is 616. The molecule has 0 aliphatic carbocycles. The van der Waals surface area contributed by atoms with Crippen molar-refractivity contribution < 1.29 is 0 Å². The predicted octanol–water partition coefficient (Wildman–Crippen LogP) is 3.32. The van der Waals surface area contributed by atoms with Crippen LogP contribution in [0.4, 0.5) is 0 Å². The highest BCUT2D eigenvalue weighted by molar-refractivity contribution is 7.99. The number of hydrogen-bond acceptors (Lipinski definition) is 6. The van der Waals surface area contributed by atoms with Gasteiger partial charge in [0.05, 0.1) is 0 Å². The highest BCUT2D eigenvalue weighted by atomic mass is 35.5. The molecule has 2 aromatic heterocycles. The second kappa shape index (κ2) is 6.32. The van der Waals surface area contributed by atoms with Crippen LogP contribution in [-0.2, 0) is 13.0 Å². The third-order valence-corrected chi connectivity index (χ3v) is 4.75.